The predicted molar refractivity (Wildman–Crippen MR) is 51.6 cm³/mol. The molecule has 0 fully saturated rings. The van der Waals surface area contributed by atoms with Crippen LogP contribution in [0.2, 0.25) is 0 Å². The fraction of sp³-hybridized carbons (Fsp3) is 0.500. The minimum atomic E-state index is 0.329. The van der Waals surface area contributed by atoms with Crippen LogP contribution in [-0.4, -0.2) is 32.1 Å². The van der Waals surface area contributed by atoms with E-state index in [0.29, 0.717) is 36.3 Å². The van der Waals surface area contributed by atoms with Crippen molar-refractivity contribution in [3.05, 3.63) is 12.1 Å². The predicted octanol–water partition coefficient (Wildman–Crippen LogP) is -0.00800. The number of H-pyrrole nitrogens is 1. The first-order valence-corrected chi connectivity index (χ1v) is 4.68. The zero-order chi connectivity index (χ0) is 10.7. The number of aromatic nitrogens is 5. The second kappa shape index (κ2) is 4.18. The van der Waals surface area contributed by atoms with Gasteiger partial charge in [-0.25, -0.2) is 0 Å². The van der Waals surface area contributed by atoms with Crippen molar-refractivity contribution in [3.63, 3.8) is 0 Å². The quantitative estimate of drug-likeness (QED) is 0.732. The lowest BCUT2D eigenvalue weighted by molar-refractivity contribution is 0.359. The Bertz CT molecular complexity index is 408. The Labute approximate surface area is 86.1 Å². The van der Waals surface area contributed by atoms with Gasteiger partial charge in [0.25, 0.3) is 0 Å². The first-order valence-electron chi connectivity index (χ1n) is 4.68. The van der Waals surface area contributed by atoms with Gasteiger partial charge in [-0.3, -0.25) is 0 Å². The minimum absolute atomic E-state index is 0.329. The van der Waals surface area contributed by atoms with E-state index in [0.717, 1.165) is 0 Å². The van der Waals surface area contributed by atoms with Crippen LogP contribution in [0.1, 0.15) is 12.8 Å². The summed E-state index contributed by atoms with van der Waals surface area (Å²) < 4.78 is 5.06. The normalized spacial score (nSPS) is 12.9. The highest BCUT2D eigenvalue weighted by molar-refractivity contribution is 5.44. The molecule has 0 aliphatic rings. The molecule has 2 aromatic heterocycles. The Morgan fingerprint density at radius 3 is 3.13 bits per heavy atom. The van der Waals surface area contributed by atoms with E-state index in [2.05, 4.69) is 25.6 Å². The van der Waals surface area contributed by atoms with Gasteiger partial charge in [-0.2, -0.15) is 20.4 Å². The second-order valence-electron chi connectivity index (χ2n) is 3.41. The monoisotopic (exact) mass is 208 g/mol. The van der Waals surface area contributed by atoms with Gasteiger partial charge in [0, 0.05) is 6.42 Å². The molecule has 2 heterocycles. The zero-order valence-corrected chi connectivity index (χ0v) is 8.34. The van der Waals surface area contributed by atoms with Crippen molar-refractivity contribution in [1.29, 1.82) is 0 Å². The third-order valence-electron chi connectivity index (χ3n) is 2.04. The molecule has 0 saturated carbocycles. The van der Waals surface area contributed by atoms with Crippen molar-refractivity contribution in [2.45, 2.75) is 13.3 Å². The van der Waals surface area contributed by atoms with Crippen molar-refractivity contribution < 1.29 is 4.52 Å². The van der Waals surface area contributed by atoms with Crippen LogP contribution >= 0.6 is 0 Å². The average molecular weight is 208 g/mol. The molecule has 0 bridgehead atoms. The summed E-state index contributed by atoms with van der Waals surface area (Å²) in [5.74, 6) is 1.35. The van der Waals surface area contributed by atoms with Crippen LogP contribution in [0.3, 0.4) is 0 Å². The molecule has 0 aliphatic carbocycles. The molecule has 0 saturated heterocycles. The summed E-state index contributed by atoms with van der Waals surface area (Å²) >= 11 is 0. The number of nitrogens with zero attached hydrogens (tertiary/aromatic N) is 4. The number of nitrogens with two attached hydrogens (primary N) is 1. The van der Waals surface area contributed by atoms with Crippen LogP contribution in [0.15, 0.2) is 10.7 Å². The summed E-state index contributed by atoms with van der Waals surface area (Å²) in [6, 6.07) is 0. The summed E-state index contributed by atoms with van der Waals surface area (Å²) in [6.07, 6.45) is 2.22. The molecule has 7 nitrogen and oxygen atoms in total. The highest BCUT2D eigenvalue weighted by atomic mass is 16.5. The Balaban J connectivity index is 2.11. The average Bonchev–Trinajstić information content (AvgIpc) is 2.85. The maximum absolute atomic E-state index is 5.50. The van der Waals surface area contributed by atoms with E-state index in [9.17, 15) is 0 Å². The summed E-state index contributed by atoms with van der Waals surface area (Å²) in [6.45, 7) is 2.63. The molecule has 0 aromatic carbocycles. The third-order valence-corrected chi connectivity index (χ3v) is 2.04. The number of nitrogens with one attached hydrogen (secondary N) is 1. The van der Waals surface area contributed by atoms with E-state index in [-0.39, 0.29) is 0 Å². The van der Waals surface area contributed by atoms with E-state index in [1.165, 1.54) is 0 Å². The van der Waals surface area contributed by atoms with Crippen molar-refractivity contribution in [1.82, 2.24) is 25.6 Å². The van der Waals surface area contributed by atoms with Crippen LogP contribution in [0, 0.1) is 5.92 Å². The molecule has 0 radical (unpaired) electrons. The van der Waals surface area contributed by atoms with Gasteiger partial charge in [0.2, 0.25) is 11.7 Å². The van der Waals surface area contributed by atoms with Crippen LogP contribution in [-0.2, 0) is 6.42 Å². The summed E-state index contributed by atoms with van der Waals surface area (Å²) in [7, 11) is 0. The molecule has 80 valence electrons. The smallest absolute Gasteiger partial charge is 0.227 e. The van der Waals surface area contributed by atoms with E-state index in [1.807, 2.05) is 6.92 Å². The van der Waals surface area contributed by atoms with Crippen molar-refractivity contribution in [3.8, 4) is 11.5 Å². The van der Waals surface area contributed by atoms with Gasteiger partial charge < -0.3 is 10.3 Å². The topological polar surface area (TPSA) is 107 Å². The SMILES string of the molecule is CC(CN)Cc1nc(-c2cn[nH]n2)no1. The molecular weight excluding hydrogens is 196 g/mol. The fourth-order valence-corrected chi connectivity index (χ4v) is 1.13. The standard InChI is InChI=1S/C8H12N6O/c1-5(3-9)2-7-11-8(13-15-7)6-4-10-14-12-6/h4-5H,2-3,9H2,1H3,(H,10,12,14). The lowest BCUT2D eigenvalue weighted by Crippen LogP contribution is -2.13. The maximum atomic E-state index is 5.50. The lowest BCUT2D eigenvalue weighted by atomic mass is 10.1. The van der Waals surface area contributed by atoms with Gasteiger partial charge in [-0.05, 0) is 12.5 Å². The summed E-state index contributed by atoms with van der Waals surface area (Å²) in [5.41, 5.74) is 6.08. The lowest BCUT2D eigenvalue weighted by Gasteiger charge is -2.01. The molecule has 1 unspecified atom stereocenters. The molecule has 0 spiro atoms. The second-order valence-corrected chi connectivity index (χ2v) is 3.41. The Morgan fingerprint density at radius 1 is 1.60 bits per heavy atom. The number of hydrogen-bond acceptors (Lipinski definition) is 6. The van der Waals surface area contributed by atoms with Crippen LogP contribution in [0.25, 0.3) is 11.5 Å². The highest BCUT2D eigenvalue weighted by Crippen LogP contribution is 2.12. The minimum Gasteiger partial charge on any atom is -0.339 e. The van der Waals surface area contributed by atoms with E-state index in [4.69, 9.17) is 10.3 Å². The number of aromatic amines is 1. The largest absolute Gasteiger partial charge is 0.339 e. The number of hydrogen-bond donors (Lipinski definition) is 2. The van der Waals surface area contributed by atoms with E-state index < -0.39 is 0 Å². The Morgan fingerprint density at radius 2 is 2.47 bits per heavy atom. The van der Waals surface area contributed by atoms with Gasteiger partial charge in [0.05, 0.1) is 6.20 Å². The number of rotatable bonds is 4. The molecule has 15 heavy (non-hydrogen) atoms. The summed E-state index contributed by atoms with van der Waals surface area (Å²) in [5, 5.41) is 13.8. The van der Waals surface area contributed by atoms with Gasteiger partial charge >= 0.3 is 0 Å². The van der Waals surface area contributed by atoms with Gasteiger partial charge in [-0.15, -0.1) is 0 Å². The molecule has 2 rings (SSSR count). The maximum Gasteiger partial charge on any atom is 0.227 e. The first kappa shape index (κ1) is 9.78. The van der Waals surface area contributed by atoms with Crippen LogP contribution in [0.5, 0.6) is 0 Å². The van der Waals surface area contributed by atoms with Gasteiger partial charge in [0.1, 0.15) is 0 Å². The highest BCUT2D eigenvalue weighted by Gasteiger charge is 2.12. The third kappa shape index (κ3) is 2.18. The molecule has 2 aromatic rings. The van der Waals surface area contributed by atoms with Crippen LogP contribution in [0.4, 0.5) is 0 Å². The molecule has 3 N–H and O–H groups in total. The summed E-state index contributed by atoms with van der Waals surface area (Å²) in [4.78, 5) is 4.18. The molecule has 7 heteroatoms. The Kier molecular flexibility index (Phi) is 2.72. The Hall–Kier alpha value is -1.76. The molecule has 0 aliphatic heterocycles. The van der Waals surface area contributed by atoms with E-state index in [1.54, 1.807) is 6.20 Å². The zero-order valence-electron chi connectivity index (χ0n) is 8.34. The first-order chi connectivity index (χ1) is 7.29. The van der Waals surface area contributed by atoms with Crippen molar-refractivity contribution >= 4 is 0 Å². The van der Waals surface area contributed by atoms with Crippen molar-refractivity contribution in [2.24, 2.45) is 11.7 Å². The van der Waals surface area contributed by atoms with Crippen LogP contribution < -0.4 is 5.73 Å². The fourth-order valence-electron chi connectivity index (χ4n) is 1.13. The molecular formula is C8H12N6O. The molecule has 0 amide bonds. The van der Waals surface area contributed by atoms with Gasteiger partial charge in [-0.1, -0.05) is 12.1 Å². The van der Waals surface area contributed by atoms with Gasteiger partial charge in [0.15, 0.2) is 5.69 Å². The molecule has 1 atom stereocenters. The van der Waals surface area contributed by atoms with E-state index >= 15 is 0 Å². The van der Waals surface area contributed by atoms with Crippen molar-refractivity contribution in [2.75, 3.05) is 6.54 Å².